The maximum atomic E-state index is 15.5. The molecule has 0 aliphatic carbocycles. The Bertz CT molecular complexity index is 1970. The Morgan fingerprint density at radius 2 is 1.69 bits per heavy atom. The van der Waals surface area contributed by atoms with Gasteiger partial charge in [-0.3, -0.25) is 19.1 Å². The number of carbonyl (C=O) groups excluding carboxylic acids is 3. The molecule has 0 unspecified atom stereocenters. The van der Waals surface area contributed by atoms with Crippen LogP contribution in [0, 0.1) is 18.6 Å². The number of benzene rings is 2. The van der Waals surface area contributed by atoms with Crippen LogP contribution in [-0.4, -0.2) is 111 Å². The van der Waals surface area contributed by atoms with Gasteiger partial charge in [0.2, 0.25) is 0 Å². The van der Waals surface area contributed by atoms with E-state index in [1.807, 2.05) is 0 Å². The zero-order chi connectivity index (χ0) is 36.4. The number of piperazine rings is 1. The quantitative estimate of drug-likeness (QED) is 0.238. The number of aromatic nitrogens is 4. The molecule has 3 amide bonds. The van der Waals surface area contributed by atoms with Crippen LogP contribution < -0.4 is 10.6 Å². The first-order chi connectivity index (χ1) is 24.4. The summed E-state index contributed by atoms with van der Waals surface area (Å²) in [5, 5.41) is 21.1. The summed E-state index contributed by atoms with van der Waals surface area (Å²) in [6, 6.07) is 7.37. The van der Waals surface area contributed by atoms with E-state index in [-0.39, 0.29) is 58.1 Å². The van der Waals surface area contributed by atoms with E-state index in [0.717, 1.165) is 0 Å². The molecule has 0 radical (unpaired) electrons. The highest BCUT2D eigenvalue weighted by atomic mass is 35.5. The number of nitrogens with zero attached hydrogens (tertiary/aromatic N) is 6. The van der Waals surface area contributed by atoms with Gasteiger partial charge in [0.25, 0.3) is 17.7 Å². The van der Waals surface area contributed by atoms with Crippen LogP contribution in [0.2, 0.25) is 5.02 Å². The highest BCUT2D eigenvalue weighted by Gasteiger charge is 2.41. The molecule has 3 N–H and O–H groups in total. The van der Waals surface area contributed by atoms with Crippen LogP contribution >= 0.6 is 11.6 Å². The first-order valence-corrected chi connectivity index (χ1v) is 17.0. The fraction of sp³-hybridized carbons (Fsp3) is 0.400. The number of nitrogens with one attached hydrogen (secondary N) is 2. The minimum absolute atomic E-state index is 0.0564. The lowest BCUT2D eigenvalue weighted by Gasteiger charge is -2.40. The Morgan fingerprint density at radius 3 is 2.37 bits per heavy atom. The summed E-state index contributed by atoms with van der Waals surface area (Å²) in [7, 11) is 3.08. The number of piperidine rings is 1. The van der Waals surface area contributed by atoms with E-state index in [9.17, 15) is 19.5 Å². The van der Waals surface area contributed by atoms with Crippen LogP contribution in [0.5, 0.6) is 0 Å². The van der Waals surface area contributed by atoms with Crippen molar-refractivity contribution in [3.05, 3.63) is 76.5 Å². The van der Waals surface area contributed by atoms with E-state index < -0.39 is 23.1 Å². The number of halogens is 3. The molecular weight excluding hydrogens is 686 g/mol. The van der Waals surface area contributed by atoms with E-state index in [4.69, 9.17) is 16.3 Å². The highest BCUT2D eigenvalue weighted by molar-refractivity contribution is 6.34. The molecule has 0 saturated carbocycles. The topological polar surface area (TPSA) is 147 Å². The Hall–Kier alpha value is -4.70. The summed E-state index contributed by atoms with van der Waals surface area (Å²) in [4.78, 5) is 46.9. The molecule has 2 aliphatic rings. The van der Waals surface area contributed by atoms with Gasteiger partial charge < -0.3 is 34.8 Å². The molecule has 4 heterocycles. The fourth-order valence-corrected chi connectivity index (χ4v) is 6.75. The van der Waals surface area contributed by atoms with Gasteiger partial charge in [0.15, 0.2) is 17.5 Å². The number of hydrogen-bond acceptors (Lipinski definition) is 8. The zero-order valence-corrected chi connectivity index (χ0v) is 29.3. The molecule has 2 fully saturated rings. The van der Waals surface area contributed by atoms with Gasteiger partial charge in [0, 0.05) is 68.9 Å². The Labute approximate surface area is 298 Å². The molecular formula is C35H39ClF2N8O5. The molecule has 270 valence electrons. The lowest BCUT2D eigenvalue weighted by Crippen LogP contribution is -2.59. The van der Waals surface area contributed by atoms with Crippen molar-refractivity contribution in [2.24, 2.45) is 7.05 Å². The predicted molar refractivity (Wildman–Crippen MR) is 185 cm³/mol. The molecule has 6 rings (SSSR count). The summed E-state index contributed by atoms with van der Waals surface area (Å²) in [6.45, 7) is 4.87. The molecule has 2 aromatic carbocycles. The molecule has 51 heavy (non-hydrogen) atoms. The number of imidazole rings is 1. The number of carbonyl (C=O) groups is 3. The van der Waals surface area contributed by atoms with E-state index in [2.05, 4.69) is 20.7 Å². The zero-order valence-electron chi connectivity index (χ0n) is 28.5. The van der Waals surface area contributed by atoms with Gasteiger partial charge in [-0.1, -0.05) is 17.7 Å². The van der Waals surface area contributed by atoms with Gasteiger partial charge in [0.05, 0.1) is 41.3 Å². The van der Waals surface area contributed by atoms with Crippen LogP contribution in [0.1, 0.15) is 39.5 Å². The largest absolute Gasteiger partial charge is 0.383 e. The fourth-order valence-electron chi connectivity index (χ4n) is 6.49. The third kappa shape index (κ3) is 7.24. The lowest BCUT2D eigenvalue weighted by molar-refractivity contribution is -0.155. The summed E-state index contributed by atoms with van der Waals surface area (Å²) < 4.78 is 39.0. The second-order valence-electron chi connectivity index (χ2n) is 12.7. The minimum Gasteiger partial charge on any atom is -0.383 e. The standard InChI is InChI=1S/C35H39ClF2N8O5/c1-21-26(20-46(42-21)16-17-51-3)23-6-7-25(30(38)29(23)37)28-19-40-31(43(28)2)32(47)41-22-4-5-24(27(36)18-22)33(48)44-12-14-45(15-13-44)34(49)35(50)8-10-39-11-9-35/h4-7,18-20,39,50H,8-17H2,1-3H3,(H,41,47). The minimum atomic E-state index is -1.38. The van der Waals surface area contributed by atoms with Crippen LogP contribution in [0.3, 0.4) is 0 Å². The van der Waals surface area contributed by atoms with Gasteiger partial charge in [0.1, 0.15) is 5.60 Å². The average Bonchev–Trinajstić information content (AvgIpc) is 3.69. The van der Waals surface area contributed by atoms with Crippen molar-refractivity contribution >= 4 is 35.0 Å². The number of methoxy groups -OCH3 is 1. The SMILES string of the molecule is COCCn1cc(-c2ccc(-c3cnc(C(=O)Nc4ccc(C(=O)N5CCN(C(=O)C6(O)CCNCC6)CC5)c(Cl)c4)n3C)c(F)c2F)c(C)n1. The highest BCUT2D eigenvalue weighted by Crippen LogP contribution is 2.33. The third-order valence-corrected chi connectivity index (χ3v) is 9.76. The molecule has 2 aliphatic heterocycles. The maximum Gasteiger partial charge on any atom is 0.291 e. The van der Waals surface area contributed by atoms with Crippen molar-refractivity contribution in [3.8, 4) is 22.4 Å². The summed E-state index contributed by atoms with van der Waals surface area (Å²) in [5.74, 6) is -3.48. The monoisotopic (exact) mass is 724 g/mol. The van der Waals surface area contributed by atoms with E-state index in [1.165, 1.54) is 48.1 Å². The maximum absolute atomic E-state index is 15.5. The van der Waals surface area contributed by atoms with Crippen molar-refractivity contribution in [3.63, 3.8) is 0 Å². The number of aliphatic hydroxyl groups is 1. The van der Waals surface area contributed by atoms with Crippen LogP contribution in [-0.2, 0) is 23.1 Å². The molecule has 0 atom stereocenters. The summed E-state index contributed by atoms with van der Waals surface area (Å²) in [5.41, 5.74) is 0.286. The van der Waals surface area contributed by atoms with Crippen molar-refractivity contribution < 1.29 is 33.0 Å². The van der Waals surface area contributed by atoms with Gasteiger partial charge >= 0.3 is 0 Å². The van der Waals surface area contributed by atoms with Crippen LogP contribution in [0.15, 0.2) is 42.7 Å². The average molecular weight is 725 g/mol. The smallest absolute Gasteiger partial charge is 0.291 e. The van der Waals surface area contributed by atoms with Crippen LogP contribution in [0.25, 0.3) is 22.4 Å². The number of amides is 3. The third-order valence-electron chi connectivity index (χ3n) is 9.45. The molecule has 0 spiro atoms. The molecule has 4 aromatic rings. The van der Waals surface area contributed by atoms with Crippen molar-refractivity contribution in [2.75, 3.05) is 58.3 Å². The second-order valence-corrected chi connectivity index (χ2v) is 13.1. The number of ether oxygens (including phenoxy) is 1. The van der Waals surface area contributed by atoms with Gasteiger partial charge in [-0.15, -0.1) is 0 Å². The van der Waals surface area contributed by atoms with Crippen LogP contribution in [0.4, 0.5) is 14.5 Å². The number of hydrogen-bond donors (Lipinski definition) is 3. The number of rotatable bonds is 9. The van der Waals surface area contributed by atoms with Gasteiger partial charge in [-0.05, 0) is 57.1 Å². The van der Waals surface area contributed by atoms with Crippen molar-refractivity contribution in [1.82, 2.24) is 34.4 Å². The number of anilines is 1. The van der Waals surface area contributed by atoms with Gasteiger partial charge in [-0.2, -0.15) is 5.10 Å². The Morgan fingerprint density at radius 1 is 1.02 bits per heavy atom. The van der Waals surface area contributed by atoms with E-state index >= 15 is 8.78 Å². The van der Waals surface area contributed by atoms with Crippen molar-refractivity contribution in [1.29, 1.82) is 0 Å². The Kier molecular flexibility index (Phi) is 10.5. The van der Waals surface area contributed by atoms with E-state index in [1.54, 1.807) is 34.7 Å². The molecule has 2 saturated heterocycles. The Balaban J connectivity index is 1.10. The normalized spacial score (nSPS) is 16.0. The molecule has 2 aromatic heterocycles. The first-order valence-electron chi connectivity index (χ1n) is 16.6. The van der Waals surface area contributed by atoms with Gasteiger partial charge in [-0.25, -0.2) is 13.8 Å². The number of aryl methyl sites for hydroxylation is 1. The second kappa shape index (κ2) is 14.9. The molecule has 0 bridgehead atoms. The summed E-state index contributed by atoms with van der Waals surface area (Å²) >= 11 is 6.50. The molecule has 16 heteroatoms. The lowest BCUT2D eigenvalue weighted by atomic mass is 9.90. The summed E-state index contributed by atoms with van der Waals surface area (Å²) in [6.07, 6.45) is 3.62. The molecule has 13 nitrogen and oxygen atoms in total. The van der Waals surface area contributed by atoms with E-state index in [0.29, 0.717) is 69.1 Å². The first kappa shape index (κ1) is 36.1. The van der Waals surface area contributed by atoms with Crippen molar-refractivity contribution in [2.45, 2.75) is 31.9 Å². The predicted octanol–water partition coefficient (Wildman–Crippen LogP) is 3.49.